The molecule has 1 atom stereocenters. The van der Waals surface area contributed by atoms with Crippen molar-refractivity contribution in [1.82, 2.24) is 14.9 Å². The normalized spacial score (nSPS) is 14.6. The van der Waals surface area contributed by atoms with Crippen LogP contribution < -0.4 is 5.32 Å². The van der Waals surface area contributed by atoms with E-state index in [2.05, 4.69) is 34.8 Å². The summed E-state index contributed by atoms with van der Waals surface area (Å²) < 4.78 is 2.18. The van der Waals surface area contributed by atoms with Crippen molar-refractivity contribution >= 4 is 0 Å². The average Bonchev–Trinajstić information content (AvgIpc) is 2.77. The fourth-order valence-corrected chi connectivity index (χ4v) is 1.85. The van der Waals surface area contributed by atoms with E-state index in [-0.39, 0.29) is 0 Å². The Morgan fingerprint density at radius 1 is 1.59 bits per heavy atom. The molecule has 1 aromatic rings. The summed E-state index contributed by atoms with van der Waals surface area (Å²) in [5.74, 6) is 1.56. The van der Waals surface area contributed by atoms with Crippen LogP contribution in [0.25, 0.3) is 0 Å². The maximum atomic E-state index is 9.05. The van der Waals surface area contributed by atoms with Gasteiger partial charge in [-0.3, -0.25) is 0 Å². The SMILES string of the molecule is CNC(C)(C#N)CCCn1ccnc1C(C)C. The molecule has 94 valence electrons. The Labute approximate surface area is 104 Å². The molecule has 1 N–H and O–H groups in total. The number of aromatic nitrogens is 2. The highest BCUT2D eigenvalue weighted by atomic mass is 15.1. The number of aryl methyl sites for hydroxylation is 1. The van der Waals surface area contributed by atoms with Gasteiger partial charge in [-0.1, -0.05) is 13.8 Å². The standard InChI is InChI=1S/C13H22N4/c1-11(2)12-16-7-9-17(12)8-5-6-13(3,10-14)15-4/h7,9,11,15H,5-6,8H2,1-4H3. The molecule has 0 amide bonds. The van der Waals surface area contributed by atoms with Crippen molar-refractivity contribution < 1.29 is 0 Å². The van der Waals surface area contributed by atoms with Gasteiger partial charge in [0.2, 0.25) is 0 Å². The van der Waals surface area contributed by atoms with Crippen LogP contribution >= 0.6 is 0 Å². The van der Waals surface area contributed by atoms with Crippen LogP contribution in [0.4, 0.5) is 0 Å². The fraction of sp³-hybridized carbons (Fsp3) is 0.692. The predicted octanol–water partition coefficient (Wildman–Crippen LogP) is 2.29. The predicted molar refractivity (Wildman–Crippen MR) is 68.6 cm³/mol. The summed E-state index contributed by atoms with van der Waals surface area (Å²) in [4.78, 5) is 4.35. The molecule has 1 heterocycles. The molecule has 0 aliphatic heterocycles. The van der Waals surface area contributed by atoms with Gasteiger partial charge in [0.25, 0.3) is 0 Å². The highest BCUT2D eigenvalue weighted by Crippen LogP contribution is 2.15. The van der Waals surface area contributed by atoms with Gasteiger partial charge in [-0.15, -0.1) is 0 Å². The Morgan fingerprint density at radius 3 is 2.82 bits per heavy atom. The summed E-state index contributed by atoms with van der Waals surface area (Å²) in [6.45, 7) is 7.15. The number of rotatable bonds is 6. The van der Waals surface area contributed by atoms with Gasteiger partial charge >= 0.3 is 0 Å². The highest BCUT2D eigenvalue weighted by Gasteiger charge is 2.20. The van der Waals surface area contributed by atoms with Crippen LogP contribution in [0.2, 0.25) is 0 Å². The second kappa shape index (κ2) is 5.83. The molecule has 0 spiro atoms. The minimum absolute atomic E-state index is 0.418. The van der Waals surface area contributed by atoms with E-state index in [1.807, 2.05) is 26.4 Å². The van der Waals surface area contributed by atoms with Gasteiger partial charge in [0, 0.05) is 24.9 Å². The lowest BCUT2D eigenvalue weighted by Gasteiger charge is -2.20. The molecule has 1 rings (SSSR count). The van der Waals surface area contributed by atoms with Crippen LogP contribution in [-0.2, 0) is 6.54 Å². The smallest absolute Gasteiger partial charge is 0.111 e. The molecule has 4 nitrogen and oxygen atoms in total. The molecule has 0 saturated carbocycles. The Balaban J connectivity index is 2.52. The van der Waals surface area contributed by atoms with E-state index in [1.54, 1.807) is 0 Å². The number of nitrogens with zero attached hydrogens (tertiary/aromatic N) is 3. The van der Waals surface area contributed by atoms with Crippen LogP contribution in [0.1, 0.15) is 45.4 Å². The summed E-state index contributed by atoms with van der Waals surface area (Å²) >= 11 is 0. The zero-order valence-electron chi connectivity index (χ0n) is 11.2. The Morgan fingerprint density at radius 2 is 2.29 bits per heavy atom. The van der Waals surface area contributed by atoms with Gasteiger partial charge in [-0.05, 0) is 26.8 Å². The second-order valence-corrected chi connectivity index (χ2v) is 4.93. The van der Waals surface area contributed by atoms with Crippen molar-refractivity contribution in [3.63, 3.8) is 0 Å². The van der Waals surface area contributed by atoms with Crippen molar-refractivity contribution in [1.29, 1.82) is 5.26 Å². The minimum Gasteiger partial charge on any atom is -0.335 e. The summed E-state index contributed by atoms with van der Waals surface area (Å²) in [6, 6.07) is 2.31. The number of nitriles is 1. The number of hydrogen-bond donors (Lipinski definition) is 1. The Bertz CT molecular complexity index is 388. The summed E-state index contributed by atoms with van der Waals surface area (Å²) in [6.07, 6.45) is 5.67. The minimum atomic E-state index is -0.418. The molecule has 0 bridgehead atoms. The maximum Gasteiger partial charge on any atom is 0.111 e. The summed E-state index contributed by atoms with van der Waals surface area (Å²) in [7, 11) is 1.83. The molecule has 17 heavy (non-hydrogen) atoms. The quantitative estimate of drug-likeness (QED) is 0.821. The first-order valence-corrected chi connectivity index (χ1v) is 6.13. The average molecular weight is 234 g/mol. The van der Waals surface area contributed by atoms with Crippen molar-refractivity contribution in [3.05, 3.63) is 18.2 Å². The molecular weight excluding hydrogens is 212 g/mol. The maximum absolute atomic E-state index is 9.05. The van der Waals surface area contributed by atoms with E-state index in [4.69, 9.17) is 5.26 Å². The number of nitrogens with one attached hydrogen (secondary N) is 1. The molecule has 0 saturated heterocycles. The van der Waals surface area contributed by atoms with Gasteiger partial charge in [0.1, 0.15) is 11.4 Å². The zero-order chi connectivity index (χ0) is 12.9. The largest absolute Gasteiger partial charge is 0.335 e. The molecule has 0 fully saturated rings. The third-order valence-corrected chi connectivity index (χ3v) is 3.14. The van der Waals surface area contributed by atoms with E-state index in [0.717, 1.165) is 25.2 Å². The lowest BCUT2D eigenvalue weighted by Crippen LogP contribution is -2.38. The first kappa shape index (κ1) is 13.7. The first-order chi connectivity index (χ1) is 8.02. The van der Waals surface area contributed by atoms with E-state index in [1.165, 1.54) is 0 Å². The van der Waals surface area contributed by atoms with Gasteiger partial charge in [-0.2, -0.15) is 5.26 Å². The number of hydrogen-bond acceptors (Lipinski definition) is 3. The summed E-state index contributed by atoms with van der Waals surface area (Å²) in [5.41, 5.74) is -0.418. The van der Waals surface area contributed by atoms with E-state index < -0.39 is 5.54 Å². The van der Waals surface area contributed by atoms with Gasteiger partial charge < -0.3 is 9.88 Å². The monoisotopic (exact) mass is 234 g/mol. The molecule has 0 aliphatic rings. The molecule has 1 unspecified atom stereocenters. The van der Waals surface area contributed by atoms with Crippen LogP contribution in [0.15, 0.2) is 12.4 Å². The lowest BCUT2D eigenvalue weighted by molar-refractivity contribution is 0.419. The first-order valence-electron chi connectivity index (χ1n) is 6.13. The van der Waals surface area contributed by atoms with E-state index in [0.29, 0.717) is 5.92 Å². The molecule has 0 aromatic carbocycles. The van der Waals surface area contributed by atoms with Crippen molar-refractivity contribution in [2.45, 2.75) is 51.6 Å². The van der Waals surface area contributed by atoms with Crippen LogP contribution in [-0.4, -0.2) is 22.1 Å². The Kier molecular flexibility index (Phi) is 4.71. The van der Waals surface area contributed by atoms with Crippen LogP contribution in [0.5, 0.6) is 0 Å². The lowest BCUT2D eigenvalue weighted by atomic mass is 9.98. The highest BCUT2D eigenvalue weighted by molar-refractivity contribution is 5.03. The Hall–Kier alpha value is -1.34. The third kappa shape index (κ3) is 3.57. The van der Waals surface area contributed by atoms with Crippen molar-refractivity contribution in [2.24, 2.45) is 0 Å². The molecule has 0 aliphatic carbocycles. The van der Waals surface area contributed by atoms with Crippen molar-refractivity contribution in [3.8, 4) is 6.07 Å². The van der Waals surface area contributed by atoms with E-state index in [9.17, 15) is 0 Å². The van der Waals surface area contributed by atoms with Crippen LogP contribution in [0, 0.1) is 11.3 Å². The molecule has 4 heteroatoms. The third-order valence-electron chi connectivity index (χ3n) is 3.14. The van der Waals surface area contributed by atoms with Gasteiger partial charge in [0.05, 0.1) is 6.07 Å². The van der Waals surface area contributed by atoms with Gasteiger partial charge in [-0.25, -0.2) is 4.98 Å². The molecule has 0 radical (unpaired) electrons. The topological polar surface area (TPSA) is 53.6 Å². The van der Waals surface area contributed by atoms with Crippen LogP contribution in [0.3, 0.4) is 0 Å². The zero-order valence-corrected chi connectivity index (χ0v) is 11.2. The summed E-state index contributed by atoms with van der Waals surface area (Å²) in [5, 5.41) is 12.1. The fourth-order valence-electron chi connectivity index (χ4n) is 1.85. The van der Waals surface area contributed by atoms with Gasteiger partial charge in [0.15, 0.2) is 0 Å². The molecule has 1 aromatic heterocycles. The number of imidazole rings is 1. The molecular formula is C13H22N4. The van der Waals surface area contributed by atoms with E-state index >= 15 is 0 Å². The second-order valence-electron chi connectivity index (χ2n) is 4.93. The van der Waals surface area contributed by atoms with Crippen molar-refractivity contribution in [2.75, 3.05) is 7.05 Å².